The Morgan fingerprint density at radius 3 is 2.93 bits per heavy atom. The molecule has 0 saturated carbocycles. The lowest BCUT2D eigenvalue weighted by Gasteiger charge is -1.99. The zero-order valence-corrected chi connectivity index (χ0v) is 10.2. The van der Waals surface area contributed by atoms with Gasteiger partial charge in [0.05, 0.1) is 10.2 Å². The van der Waals surface area contributed by atoms with Crippen LogP contribution < -0.4 is 5.32 Å². The molecule has 0 fully saturated rings. The summed E-state index contributed by atoms with van der Waals surface area (Å²) in [6.07, 6.45) is 2.31. The van der Waals surface area contributed by atoms with Gasteiger partial charge < -0.3 is 5.32 Å². The molecule has 0 aliphatic heterocycles. The fourth-order valence-corrected chi connectivity index (χ4v) is 2.49. The number of benzene rings is 1. The lowest BCUT2D eigenvalue weighted by molar-refractivity contribution is 0.844. The summed E-state index contributed by atoms with van der Waals surface area (Å²) in [5.41, 5.74) is 1.08. The second-order valence-corrected chi connectivity index (χ2v) is 4.82. The van der Waals surface area contributed by atoms with Crippen LogP contribution in [0.25, 0.3) is 10.2 Å². The topological polar surface area (TPSA) is 24.9 Å². The number of anilines is 1. The van der Waals surface area contributed by atoms with Crippen molar-refractivity contribution in [2.75, 3.05) is 17.6 Å². The van der Waals surface area contributed by atoms with Gasteiger partial charge in [-0.3, -0.25) is 0 Å². The van der Waals surface area contributed by atoms with Crippen LogP contribution in [0.15, 0.2) is 24.3 Å². The van der Waals surface area contributed by atoms with E-state index >= 15 is 0 Å². The molecule has 0 bridgehead atoms. The minimum absolute atomic E-state index is 0.960. The summed E-state index contributed by atoms with van der Waals surface area (Å²) in [5.74, 6) is 0.960. The number of hydrogen-bond acceptors (Lipinski definition) is 4. The van der Waals surface area contributed by atoms with E-state index in [1.807, 2.05) is 18.2 Å². The predicted octanol–water partition coefficient (Wildman–Crippen LogP) is 3.42. The number of para-hydroxylation sites is 1. The third-order valence-corrected chi connectivity index (χ3v) is 3.47. The van der Waals surface area contributed by atoms with Crippen LogP contribution in [0, 0.1) is 0 Å². The molecule has 1 N–H and O–H groups in total. The van der Waals surface area contributed by atoms with E-state index in [9.17, 15) is 0 Å². The minimum atomic E-state index is 0.960. The van der Waals surface area contributed by atoms with E-state index in [0.717, 1.165) is 35.8 Å². The third-order valence-electron chi connectivity index (χ3n) is 2.16. The zero-order chi connectivity index (χ0) is 10.5. The van der Waals surface area contributed by atoms with E-state index in [1.165, 1.54) is 4.70 Å². The van der Waals surface area contributed by atoms with Crippen LogP contribution in [0.1, 0.15) is 12.8 Å². The molecule has 0 spiro atoms. The Balaban J connectivity index is 1.97. The summed E-state index contributed by atoms with van der Waals surface area (Å²) in [4.78, 5) is 4.50. The number of rotatable bonds is 5. The van der Waals surface area contributed by atoms with E-state index < -0.39 is 0 Å². The summed E-state index contributed by atoms with van der Waals surface area (Å²) in [6.45, 7) is 0.986. The van der Waals surface area contributed by atoms with E-state index in [4.69, 9.17) is 0 Å². The molecule has 15 heavy (non-hydrogen) atoms. The Kier molecular flexibility index (Phi) is 3.86. The van der Waals surface area contributed by atoms with E-state index in [0.29, 0.717) is 0 Å². The summed E-state index contributed by atoms with van der Waals surface area (Å²) in [6, 6.07) is 8.22. The van der Waals surface area contributed by atoms with Crippen molar-refractivity contribution in [1.29, 1.82) is 0 Å². The quantitative estimate of drug-likeness (QED) is 0.616. The van der Waals surface area contributed by atoms with Crippen molar-refractivity contribution in [3.63, 3.8) is 0 Å². The van der Waals surface area contributed by atoms with Gasteiger partial charge in [-0.15, -0.1) is 0 Å². The fraction of sp³-hybridized carbons (Fsp3) is 0.364. The zero-order valence-electron chi connectivity index (χ0n) is 8.44. The van der Waals surface area contributed by atoms with E-state index in [1.54, 1.807) is 11.3 Å². The van der Waals surface area contributed by atoms with Crippen molar-refractivity contribution in [2.24, 2.45) is 0 Å². The van der Waals surface area contributed by atoms with Crippen LogP contribution in [0.4, 0.5) is 5.13 Å². The molecule has 1 heterocycles. The number of aromatic nitrogens is 1. The lowest BCUT2D eigenvalue weighted by atomic mass is 10.3. The standard InChI is InChI=1S/C11H14N2S2/c14-8-4-3-7-12-11-13-9-5-1-2-6-10(9)15-11/h1-2,5-6,14H,3-4,7-8H2,(H,12,13). The molecule has 0 saturated heterocycles. The Hall–Kier alpha value is -0.740. The summed E-state index contributed by atoms with van der Waals surface area (Å²) >= 11 is 5.89. The van der Waals surface area contributed by atoms with Crippen LogP contribution in [0.2, 0.25) is 0 Å². The summed E-state index contributed by atoms with van der Waals surface area (Å²) in [7, 11) is 0. The van der Waals surface area contributed by atoms with Crippen molar-refractivity contribution < 1.29 is 0 Å². The van der Waals surface area contributed by atoms with Gasteiger partial charge in [0.25, 0.3) is 0 Å². The van der Waals surface area contributed by atoms with E-state index in [2.05, 4.69) is 29.0 Å². The lowest BCUT2D eigenvalue weighted by Crippen LogP contribution is -2.00. The highest BCUT2D eigenvalue weighted by Crippen LogP contribution is 2.25. The number of nitrogens with zero attached hydrogens (tertiary/aromatic N) is 1. The first kappa shape index (κ1) is 10.8. The third kappa shape index (κ3) is 2.86. The smallest absolute Gasteiger partial charge is 0.183 e. The number of thiol groups is 1. The molecule has 2 nitrogen and oxygen atoms in total. The van der Waals surface area contributed by atoms with Gasteiger partial charge in [-0.2, -0.15) is 12.6 Å². The van der Waals surface area contributed by atoms with Crippen LogP contribution in [-0.2, 0) is 0 Å². The second kappa shape index (κ2) is 5.37. The average Bonchev–Trinajstić information content (AvgIpc) is 2.67. The Labute approximate surface area is 99.1 Å². The van der Waals surface area contributed by atoms with Crippen molar-refractivity contribution in [1.82, 2.24) is 4.98 Å². The Morgan fingerprint density at radius 2 is 2.13 bits per heavy atom. The van der Waals surface area contributed by atoms with E-state index in [-0.39, 0.29) is 0 Å². The molecule has 1 aromatic carbocycles. The number of nitrogens with one attached hydrogen (secondary N) is 1. The van der Waals surface area contributed by atoms with Crippen LogP contribution in [-0.4, -0.2) is 17.3 Å². The maximum absolute atomic E-state index is 4.50. The molecule has 4 heteroatoms. The molecule has 0 radical (unpaired) electrons. The first-order valence-electron chi connectivity index (χ1n) is 5.10. The molecule has 80 valence electrons. The fourth-order valence-electron chi connectivity index (χ4n) is 1.38. The molecular weight excluding hydrogens is 224 g/mol. The van der Waals surface area contributed by atoms with Crippen molar-refractivity contribution >= 4 is 39.3 Å². The summed E-state index contributed by atoms with van der Waals surface area (Å²) < 4.78 is 1.24. The number of unbranched alkanes of at least 4 members (excludes halogenated alkanes) is 1. The number of fused-ring (bicyclic) bond motifs is 1. The van der Waals surface area contributed by atoms with Gasteiger partial charge in [-0.1, -0.05) is 23.5 Å². The van der Waals surface area contributed by atoms with Crippen LogP contribution in [0.3, 0.4) is 0 Å². The highest BCUT2D eigenvalue weighted by atomic mass is 32.1. The van der Waals surface area contributed by atoms with Crippen molar-refractivity contribution in [2.45, 2.75) is 12.8 Å². The molecule has 0 atom stereocenters. The summed E-state index contributed by atoms with van der Waals surface area (Å²) in [5, 5.41) is 4.37. The monoisotopic (exact) mass is 238 g/mol. The first-order valence-corrected chi connectivity index (χ1v) is 6.55. The molecule has 0 unspecified atom stereocenters. The maximum Gasteiger partial charge on any atom is 0.183 e. The normalized spacial score (nSPS) is 10.7. The molecule has 2 rings (SSSR count). The maximum atomic E-state index is 4.50. The molecule has 0 amide bonds. The molecule has 2 aromatic rings. The number of hydrogen-bond donors (Lipinski definition) is 2. The van der Waals surface area contributed by atoms with Gasteiger partial charge in [-0.25, -0.2) is 4.98 Å². The largest absolute Gasteiger partial charge is 0.361 e. The highest BCUT2D eigenvalue weighted by molar-refractivity contribution is 7.80. The molecule has 0 aliphatic carbocycles. The van der Waals surface area contributed by atoms with Crippen molar-refractivity contribution in [3.05, 3.63) is 24.3 Å². The van der Waals surface area contributed by atoms with Crippen LogP contribution >= 0.6 is 24.0 Å². The molecule has 1 aromatic heterocycles. The first-order chi connectivity index (χ1) is 7.40. The van der Waals surface area contributed by atoms with Gasteiger partial charge in [0.15, 0.2) is 5.13 Å². The Morgan fingerprint density at radius 1 is 1.27 bits per heavy atom. The number of thiazole rings is 1. The molecular formula is C11H14N2S2. The van der Waals surface area contributed by atoms with Gasteiger partial charge >= 0.3 is 0 Å². The minimum Gasteiger partial charge on any atom is -0.361 e. The van der Waals surface area contributed by atoms with Gasteiger partial charge in [0.1, 0.15) is 0 Å². The van der Waals surface area contributed by atoms with Crippen LogP contribution in [0.5, 0.6) is 0 Å². The predicted molar refractivity (Wildman–Crippen MR) is 71.2 cm³/mol. The van der Waals surface area contributed by atoms with Crippen molar-refractivity contribution in [3.8, 4) is 0 Å². The average molecular weight is 238 g/mol. The second-order valence-electron chi connectivity index (χ2n) is 3.34. The highest BCUT2D eigenvalue weighted by Gasteiger charge is 2.00. The van der Waals surface area contributed by atoms with Gasteiger partial charge in [0, 0.05) is 6.54 Å². The Bertz CT molecular complexity index is 392. The van der Waals surface area contributed by atoms with Gasteiger partial charge in [0.2, 0.25) is 0 Å². The van der Waals surface area contributed by atoms with Gasteiger partial charge in [-0.05, 0) is 30.7 Å². The molecule has 0 aliphatic rings. The SMILES string of the molecule is SCCCCNc1nc2ccccc2s1.